The predicted molar refractivity (Wildman–Crippen MR) is 116 cm³/mol. The van der Waals surface area contributed by atoms with Gasteiger partial charge in [-0.05, 0) is 37.3 Å². The van der Waals surface area contributed by atoms with Crippen LogP contribution in [0.1, 0.15) is 48.2 Å². The van der Waals surface area contributed by atoms with Gasteiger partial charge in [0.1, 0.15) is 10.6 Å². The van der Waals surface area contributed by atoms with Crippen LogP contribution in [0, 0.1) is 0 Å². The summed E-state index contributed by atoms with van der Waals surface area (Å²) >= 11 is 0. The van der Waals surface area contributed by atoms with Gasteiger partial charge in [0.2, 0.25) is 10.0 Å². The summed E-state index contributed by atoms with van der Waals surface area (Å²) in [5, 5.41) is 3.06. The molecule has 0 atom stereocenters. The highest BCUT2D eigenvalue weighted by Gasteiger charge is 2.28. The minimum atomic E-state index is -3.53. The Morgan fingerprint density at radius 1 is 1.03 bits per heavy atom. The molecule has 4 rings (SSSR count). The van der Waals surface area contributed by atoms with E-state index in [0.29, 0.717) is 18.8 Å². The van der Waals surface area contributed by atoms with Gasteiger partial charge in [0.05, 0.1) is 0 Å². The van der Waals surface area contributed by atoms with Gasteiger partial charge < -0.3 is 10.3 Å². The monoisotopic (exact) mass is 430 g/mol. The number of hydrogen-bond donors (Lipinski definition) is 2. The first-order valence-corrected chi connectivity index (χ1v) is 12.2. The van der Waals surface area contributed by atoms with E-state index in [1.54, 1.807) is 0 Å². The van der Waals surface area contributed by atoms with Crippen LogP contribution in [0.2, 0.25) is 0 Å². The van der Waals surface area contributed by atoms with E-state index >= 15 is 0 Å². The van der Waals surface area contributed by atoms with Gasteiger partial charge in [-0.15, -0.1) is 0 Å². The summed E-state index contributed by atoms with van der Waals surface area (Å²) in [5.74, 6) is -0.239. The molecule has 0 aliphatic carbocycles. The SMILES string of the molecule is O=C(NC1CCN(Cc2ccccc2)CC1)c1cc(S(=O)(=O)N2CCCCC2)c[nH]1. The molecule has 1 aromatic heterocycles. The predicted octanol–water partition coefficient (Wildman–Crippen LogP) is 2.58. The molecule has 3 heterocycles. The van der Waals surface area contributed by atoms with Crippen molar-refractivity contribution in [3.05, 3.63) is 53.9 Å². The Hall–Kier alpha value is -2.16. The van der Waals surface area contributed by atoms with Gasteiger partial charge in [-0.1, -0.05) is 36.8 Å². The van der Waals surface area contributed by atoms with Crippen LogP contribution in [-0.4, -0.2) is 60.7 Å². The number of hydrogen-bond acceptors (Lipinski definition) is 4. The molecule has 2 N–H and O–H groups in total. The number of piperidine rings is 2. The second kappa shape index (κ2) is 9.32. The number of H-pyrrole nitrogens is 1. The Balaban J connectivity index is 1.30. The minimum absolute atomic E-state index is 0.106. The molecule has 0 bridgehead atoms. The number of carbonyl (C=O) groups is 1. The highest BCUT2D eigenvalue weighted by atomic mass is 32.2. The maximum Gasteiger partial charge on any atom is 0.267 e. The zero-order valence-electron chi connectivity index (χ0n) is 17.2. The second-order valence-electron chi connectivity index (χ2n) is 8.22. The van der Waals surface area contributed by atoms with E-state index < -0.39 is 10.0 Å². The van der Waals surface area contributed by atoms with Crippen molar-refractivity contribution in [3.8, 4) is 0 Å². The number of aromatic nitrogens is 1. The number of amides is 1. The standard InChI is InChI=1S/C22H30N4O3S/c27-22(21-15-20(16-23-21)30(28,29)26-11-5-2-6-12-26)24-19-9-13-25(14-10-19)17-18-7-3-1-4-8-18/h1,3-4,7-8,15-16,19,23H,2,5-6,9-14,17H2,(H,24,27). The summed E-state index contributed by atoms with van der Waals surface area (Å²) in [4.78, 5) is 18.1. The molecular formula is C22H30N4O3S. The lowest BCUT2D eigenvalue weighted by Gasteiger charge is -2.32. The highest BCUT2D eigenvalue weighted by molar-refractivity contribution is 7.89. The average molecular weight is 431 g/mol. The molecule has 30 heavy (non-hydrogen) atoms. The topological polar surface area (TPSA) is 85.5 Å². The molecule has 7 nitrogen and oxygen atoms in total. The van der Waals surface area contributed by atoms with Crippen molar-refractivity contribution in [1.29, 1.82) is 0 Å². The number of rotatable bonds is 6. The fourth-order valence-electron chi connectivity index (χ4n) is 4.25. The fourth-order valence-corrected chi connectivity index (χ4v) is 5.76. The van der Waals surface area contributed by atoms with Crippen molar-refractivity contribution in [2.75, 3.05) is 26.2 Å². The van der Waals surface area contributed by atoms with E-state index in [1.165, 1.54) is 22.1 Å². The summed E-state index contributed by atoms with van der Waals surface area (Å²) < 4.78 is 27.1. The quantitative estimate of drug-likeness (QED) is 0.738. The van der Waals surface area contributed by atoms with Gasteiger partial charge >= 0.3 is 0 Å². The van der Waals surface area contributed by atoms with Crippen LogP contribution < -0.4 is 5.32 Å². The number of nitrogens with zero attached hydrogens (tertiary/aromatic N) is 2. The summed E-state index contributed by atoms with van der Waals surface area (Å²) in [5.41, 5.74) is 1.60. The lowest BCUT2D eigenvalue weighted by Crippen LogP contribution is -2.44. The Kier molecular flexibility index (Phi) is 6.55. The molecule has 2 aliphatic rings. The van der Waals surface area contributed by atoms with E-state index in [2.05, 4.69) is 39.5 Å². The average Bonchev–Trinajstić information content (AvgIpc) is 3.28. The Bertz CT molecular complexity index is 944. The summed E-state index contributed by atoms with van der Waals surface area (Å²) in [7, 11) is -3.53. The Morgan fingerprint density at radius 3 is 2.43 bits per heavy atom. The number of nitrogens with one attached hydrogen (secondary N) is 2. The molecule has 0 spiro atoms. The van der Waals surface area contributed by atoms with Crippen LogP contribution in [0.4, 0.5) is 0 Å². The zero-order valence-corrected chi connectivity index (χ0v) is 18.0. The van der Waals surface area contributed by atoms with Crippen LogP contribution in [-0.2, 0) is 16.6 Å². The third-order valence-corrected chi connectivity index (χ3v) is 7.90. The number of sulfonamides is 1. The third-order valence-electron chi connectivity index (χ3n) is 6.03. The van der Waals surface area contributed by atoms with Crippen molar-refractivity contribution < 1.29 is 13.2 Å². The normalized spacial score (nSPS) is 19.6. The van der Waals surface area contributed by atoms with Gasteiger partial charge in [-0.3, -0.25) is 9.69 Å². The van der Waals surface area contributed by atoms with Crippen molar-refractivity contribution in [2.24, 2.45) is 0 Å². The van der Waals surface area contributed by atoms with Gasteiger partial charge in [-0.25, -0.2) is 8.42 Å². The van der Waals surface area contributed by atoms with Gasteiger partial charge in [0.15, 0.2) is 0 Å². The lowest BCUT2D eigenvalue weighted by atomic mass is 10.0. The molecule has 2 aliphatic heterocycles. The number of aromatic amines is 1. The summed E-state index contributed by atoms with van der Waals surface area (Å²) in [6, 6.07) is 12.0. The van der Waals surface area contributed by atoms with E-state index in [9.17, 15) is 13.2 Å². The molecule has 0 saturated carbocycles. The van der Waals surface area contributed by atoms with E-state index in [-0.39, 0.29) is 16.8 Å². The summed E-state index contributed by atoms with van der Waals surface area (Å²) in [6.07, 6.45) is 6.05. The molecular weight excluding hydrogens is 400 g/mol. The molecule has 2 fully saturated rings. The highest BCUT2D eigenvalue weighted by Crippen LogP contribution is 2.21. The molecule has 0 radical (unpaired) electrons. The lowest BCUT2D eigenvalue weighted by molar-refractivity contribution is 0.0904. The van der Waals surface area contributed by atoms with Crippen LogP contribution in [0.25, 0.3) is 0 Å². The zero-order chi connectivity index (χ0) is 21.0. The van der Waals surface area contributed by atoms with E-state index in [4.69, 9.17) is 0 Å². The number of carbonyl (C=O) groups excluding carboxylic acids is 1. The Labute approximate surface area is 178 Å². The van der Waals surface area contributed by atoms with Crippen LogP contribution in [0.5, 0.6) is 0 Å². The van der Waals surface area contributed by atoms with Crippen molar-refractivity contribution in [1.82, 2.24) is 19.5 Å². The van der Waals surface area contributed by atoms with Crippen molar-refractivity contribution >= 4 is 15.9 Å². The molecule has 8 heteroatoms. The van der Waals surface area contributed by atoms with Gasteiger partial charge in [0, 0.05) is 45.0 Å². The first-order chi connectivity index (χ1) is 14.5. The van der Waals surface area contributed by atoms with E-state index in [0.717, 1.165) is 51.7 Å². The van der Waals surface area contributed by atoms with Gasteiger partial charge in [0.25, 0.3) is 5.91 Å². The molecule has 2 saturated heterocycles. The van der Waals surface area contributed by atoms with Gasteiger partial charge in [-0.2, -0.15) is 4.31 Å². The molecule has 162 valence electrons. The number of benzene rings is 1. The smallest absolute Gasteiger partial charge is 0.267 e. The van der Waals surface area contributed by atoms with Crippen LogP contribution in [0.15, 0.2) is 47.5 Å². The second-order valence-corrected chi connectivity index (χ2v) is 10.2. The van der Waals surface area contributed by atoms with Crippen molar-refractivity contribution in [3.63, 3.8) is 0 Å². The Morgan fingerprint density at radius 2 is 1.73 bits per heavy atom. The van der Waals surface area contributed by atoms with Crippen molar-refractivity contribution in [2.45, 2.75) is 49.6 Å². The van der Waals surface area contributed by atoms with E-state index in [1.807, 2.05) is 6.07 Å². The maximum atomic E-state index is 12.8. The summed E-state index contributed by atoms with van der Waals surface area (Å²) in [6.45, 7) is 3.89. The first kappa shape index (κ1) is 21.1. The van der Waals surface area contributed by atoms with Crippen LogP contribution in [0.3, 0.4) is 0 Å². The number of likely N-dealkylation sites (tertiary alicyclic amines) is 1. The minimum Gasteiger partial charge on any atom is -0.356 e. The third kappa shape index (κ3) is 4.94. The largest absolute Gasteiger partial charge is 0.356 e. The molecule has 1 amide bonds. The molecule has 0 unspecified atom stereocenters. The maximum absolute atomic E-state index is 12.8. The molecule has 2 aromatic rings. The fraction of sp³-hybridized carbons (Fsp3) is 0.500. The molecule has 1 aromatic carbocycles. The first-order valence-electron chi connectivity index (χ1n) is 10.8. The van der Waals surface area contributed by atoms with Crippen LogP contribution >= 0.6 is 0 Å².